The number of benzene rings is 1. The number of hydrogen-bond donors (Lipinski definition) is 1. The molecule has 0 aliphatic carbocycles. The van der Waals surface area contributed by atoms with Crippen molar-refractivity contribution < 1.29 is 0 Å². The molecule has 0 fully saturated rings. The Kier molecular flexibility index (Phi) is 5.58. The van der Waals surface area contributed by atoms with Crippen LogP contribution in [0.15, 0.2) is 24.3 Å². The summed E-state index contributed by atoms with van der Waals surface area (Å²) in [5.74, 6) is 0. The summed E-state index contributed by atoms with van der Waals surface area (Å²) >= 11 is 1.93. The molecule has 0 saturated carbocycles. The highest BCUT2D eigenvalue weighted by Gasteiger charge is 2.15. The van der Waals surface area contributed by atoms with Crippen LogP contribution in [0.3, 0.4) is 0 Å². The van der Waals surface area contributed by atoms with E-state index in [2.05, 4.69) is 55.4 Å². The predicted molar refractivity (Wildman–Crippen MR) is 90.4 cm³/mol. The third-order valence-electron chi connectivity index (χ3n) is 3.99. The highest BCUT2D eigenvalue weighted by molar-refractivity contribution is 7.19. The number of nitrogens with one attached hydrogen (secondary N) is 1. The molecule has 1 atom stereocenters. The van der Waals surface area contributed by atoms with E-state index < -0.39 is 0 Å². The maximum absolute atomic E-state index is 3.30. The van der Waals surface area contributed by atoms with Crippen LogP contribution in [0.1, 0.15) is 37.1 Å². The fraction of sp³-hybridized carbons (Fsp3) is 0.529. The SMILES string of the molecule is CCCC(C)N(C)Cc1c(CNC)sc2ccccc12. The fourth-order valence-electron chi connectivity index (χ4n) is 2.67. The highest BCUT2D eigenvalue weighted by Crippen LogP contribution is 2.32. The highest BCUT2D eigenvalue weighted by atomic mass is 32.1. The van der Waals surface area contributed by atoms with Gasteiger partial charge < -0.3 is 5.32 Å². The zero-order chi connectivity index (χ0) is 14.5. The molecule has 1 heterocycles. The molecule has 1 aromatic heterocycles. The standard InChI is InChI=1S/C17H26N2S/c1-5-8-13(2)19(4)12-15-14-9-6-7-10-16(14)20-17(15)11-18-3/h6-7,9-10,13,18H,5,8,11-12H2,1-4H3. The van der Waals surface area contributed by atoms with E-state index >= 15 is 0 Å². The molecule has 1 unspecified atom stereocenters. The average Bonchev–Trinajstić information content (AvgIpc) is 2.78. The van der Waals surface area contributed by atoms with E-state index in [1.807, 2.05) is 18.4 Å². The normalized spacial score (nSPS) is 13.2. The molecule has 0 amide bonds. The first-order valence-electron chi connectivity index (χ1n) is 7.51. The van der Waals surface area contributed by atoms with E-state index in [1.54, 1.807) is 0 Å². The van der Waals surface area contributed by atoms with Crippen molar-refractivity contribution in [2.24, 2.45) is 0 Å². The van der Waals surface area contributed by atoms with Gasteiger partial charge in [-0.15, -0.1) is 11.3 Å². The van der Waals surface area contributed by atoms with Crippen molar-refractivity contribution in [1.82, 2.24) is 10.2 Å². The van der Waals surface area contributed by atoms with Crippen LogP contribution < -0.4 is 5.32 Å². The molecule has 2 aromatic rings. The van der Waals surface area contributed by atoms with Crippen LogP contribution in [0.25, 0.3) is 10.1 Å². The molecule has 1 aromatic carbocycles. The van der Waals surface area contributed by atoms with Gasteiger partial charge in [-0.05, 0) is 44.5 Å². The van der Waals surface area contributed by atoms with Gasteiger partial charge in [0.1, 0.15) is 0 Å². The quantitative estimate of drug-likeness (QED) is 0.820. The summed E-state index contributed by atoms with van der Waals surface area (Å²) in [6.45, 7) is 6.60. The molecule has 2 rings (SSSR count). The van der Waals surface area contributed by atoms with Crippen LogP contribution in [-0.4, -0.2) is 25.0 Å². The molecule has 110 valence electrons. The van der Waals surface area contributed by atoms with Crippen molar-refractivity contribution in [3.63, 3.8) is 0 Å². The lowest BCUT2D eigenvalue weighted by Gasteiger charge is -2.24. The first kappa shape index (κ1) is 15.5. The second-order valence-electron chi connectivity index (χ2n) is 5.58. The molecule has 3 heteroatoms. The van der Waals surface area contributed by atoms with Gasteiger partial charge in [0.15, 0.2) is 0 Å². The van der Waals surface area contributed by atoms with Gasteiger partial charge in [0.05, 0.1) is 0 Å². The van der Waals surface area contributed by atoms with E-state index in [-0.39, 0.29) is 0 Å². The van der Waals surface area contributed by atoms with Crippen LogP contribution in [-0.2, 0) is 13.1 Å². The molecule has 0 bridgehead atoms. The van der Waals surface area contributed by atoms with Crippen molar-refractivity contribution in [1.29, 1.82) is 0 Å². The van der Waals surface area contributed by atoms with Gasteiger partial charge in [-0.3, -0.25) is 4.90 Å². The summed E-state index contributed by atoms with van der Waals surface area (Å²) in [6.07, 6.45) is 2.51. The Morgan fingerprint density at radius 2 is 2.05 bits per heavy atom. The topological polar surface area (TPSA) is 15.3 Å². The van der Waals surface area contributed by atoms with E-state index in [0.717, 1.165) is 13.1 Å². The van der Waals surface area contributed by atoms with Crippen LogP contribution in [0.4, 0.5) is 0 Å². The van der Waals surface area contributed by atoms with Crippen LogP contribution in [0, 0.1) is 0 Å². The van der Waals surface area contributed by atoms with E-state index in [9.17, 15) is 0 Å². The van der Waals surface area contributed by atoms with Gasteiger partial charge in [-0.2, -0.15) is 0 Å². The molecule has 1 N–H and O–H groups in total. The van der Waals surface area contributed by atoms with Crippen molar-refractivity contribution in [3.8, 4) is 0 Å². The number of hydrogen-bond acceptors (Lipinski definition) is 3. The largest absolute Gasteiger partial charge is 0.315 e. The summed E-state index contributed by atoms with van der Waals surface area (Å²) in [5, 5.41) is 4.73. The zero-order valence-corrected chi connectivity index (χ0v) is 13.9. The number of rotatable bonds is 7. The van der Waals surface area contributed by atoms with Gasteiger partial charge in [0.25, 0.3) is 0 Å². The Morgan fingerprint density at radius 3 is 2.75 bits per heavy atom. The van der Waals surface area contributed by atoms with Gasteiger partial charge in [-0.25, -0.2) is 0 Å². The first-order valence-corrected chi connectivity index (χ1v) is 8.33. The third kappa shape index (κ3) is 3.40. The van der Waals surface area contributed by atoms with Crippen molar-refractivity contribution in [2.45, 2.75) is 45.8 Å². The average molecular weight is 290 g/mol. The van der Waals surface area contributed by atoms with Gasteiger partial charge in [-0.1, -0.05) is 31.5 Å². The second-order valence-corrected chi connectivity index (χ2v) is 6.72. The first-order chi connectivity index (χ1) is 9.67. The monoisotopic (exact) mass is 290 g/mol. The van der Waals surface area contributed by atoms with Crippen molar-refractivity contribution >= 4 is 21.4 Å². The van der Waals surface area contributed by atoms with Crippen LogP contribution in [0.2, 0.25) is 0 Å². The molecule has 0 aliphatic heterocycles. The minimum Gasteiger partial charge on any atom is -0.315 e. The Hall–Kier alpha value is -0.900. The zero-order valence-electron chi connectivity index (χ0n) is 13.1. The lowest BCUT2D eigenvalue weighted by molar-refractivity contribution is 0.237. The Morgan fingerprint density at radius 1 is 1.30 bits per heavy atom. The predicted octanol–water partition coefficient (Wildman–Crippen LogP) is 4.24. The molecule has 0 aliphatic rings. The molecule has 0 saturated heterocycles. The van der Waals surface area contributed by atoms with E-state index in [0.29, 0.717) is 6.04 Å². The second kappa shape index (κ2) is 7.21. The van der Waals surface area contributed by atoms with Crippen LogP contribution >= 0.6 is 11.3 Å². The lowest BCUT2D eigenvalue weighted by atomic mass is 10.1. The van der Waals surface area contributed by atoms with Crippen LogP contribution in [0.5, 0.6) is 0 Å². The summed E-state index contributed by atoms with van der Waals surface area (Å²) in [6, 6.07) is 9.42. The fourth-order valence-corrected chi connectivity index (χ4v) is 3.90. The summed E-state index contributed by atoms with van der Waals surface area (Å²) in [5.41, 5.74) is 1.51. The van der Waals surface area contributed by atoms with Crippen molar-refractivity contribution in [3.05, 3.63) is 34.7 Å². The van der Waals surface area contributed by atoms with Gasteiger partial charge in [0.2, 0.25) is 0 Å². The summed E-state index contributed by atoms with van der Waals surface area (Å²) < 4.78 is 1.41. The molecule has 2 nitrogen and oxygen atoms in total. The van der Waals surface area contributed by atoms with Crippen molar-refractivity contribution in [2.75, 3.05) is 14.1 Å². The summed E-state index contributed by atoms with van der Waals surface area (Å²) in [4.78, 5) is 3.96. The van der Waals surface area contributed by atoms with E-state index in [4.69, 9.17) is 0 Å². The summed E-state index contributed by atoms with van der Waals surface area (Å²) in [7, 11) is 4.27. The number of thiophene rings is 1. The molecule has 0 spiro atoms. The Bertz CT molecular complexity index is 547. The van der Waals surface area contributed by atoms with E-state index in [1.165, 1.54) is 33.4 Å². The minimum absolute atomic E-state index is 0.640. The molecule has 0 radical (unpaired) electrons. The Labute approximate surface area is 126 Å². The van der Waals surface area contributed by atoms with Gasteiger partial charge in [0, 0.05) is 28.7 Å². The molecule has 20 heavy (non-hydrogen) atoms. The molecular weight excluding hydrogens is 264 g/mol. The number of fused-ring (bicyclic) bond motifs is 1. The Balaban J connectivity index is 2.29. The maximum atomic E-state index is 3.30. The number of nitrogens with zero attached hydrogens (tertiary/aromatic N) is 1. The smallest absolute Gasteiger partial charge is 0.0349 e. The maximum Gasteiger partial charge on any atom is 0.0349 e. The van der Waals surface area contributed by atoms with Gasteiger partial charge >= 0.3 is 0 Å². The minimum atomic E-state index is 0.640. The molecular formula is C17H26N2S. The lowest BCUT2D eigenvalue weighted by Crippen LogP contribution is -2.28. The third-order valence-corrected chi connectivity index (χ3v) is 5.20.